The molecule has 7 heteroatoms. The lowest BCUT2D eigenvalue weighted by molar-refractivity contribution is -0.139. The van der Waals surface area contributed by atoms with Gasteiger partial charge in [-0.1, -0.05) is 24.8 Å². The first-order valence-corrected chi connectivity index (χ1v) is 6.67. The van der Waals surface area contributed by atoms with Crippen molar-refractivity contribution in [2.45, 2.75) is 25.2 Å². The third-order valence-electron chi connectivity index (χ3n) is 3.43. The highest BCUT2D eigenvalue weighted by Gasteiger charge is 2.35. The van der Waals surface area contributed by atoms with Crippen LogP contribution in [0.25, 0.3) is 0 Å². The molecule has 1 N–H and O–H groups in total. The number of alkyl halides is 3. The van der Waals surface area contributed by atoms with Gasteiger partial charge in [-0.25, -0.2) is 0 Å². The molecule has 1 aliphatic heterocycles. The zero-order chi connectivity index (χ0) is 16.3. The quantitative estimate of drug-likeness (QED) is 0.866. The summed E-state index contributed by atoms with van der Waals surface area (Å²) in [6.07, 6.45) is -3.30. The highest BCUT2D eigenvalue weighted by atomic mass is 19.4. The second kappa shape index (κ2) is 6.21. The number of hydrogen-bond acceptors (Lipinski definition) is 2. The Bertz CT molecular complexity index is 599. The van der Waals surface area contributed by atoms with Crippen LogP contribution in [-0.4, -0.2) is 29.3 Å². The van der Waals surface area contributed by atoms with Crippen LogP contribution in [0.1, 0.15) is 17.5 Å². The van der Waals surface area contributed by atoms with Gasteiger partial charge in [0.15, 0.2) is 0 Å². The number of nitrogens with one attached hydrogen (secondary N) is 1. The molecule has 1 fully saturated rings. The largest absolute Gasteiger partial charge is 0.416 e. The zero-order valence-corrected chi connectivity index (χ0v) is 11.7. The highest BCUT2D eigenvalue weighted by Crippen LogP contribution is 2.32. The van der Waals surface area contributed by atoms with Crippen LogP contribution in [0.4, 0.5) is 13.2 Å². The summed E-state index contributed by atoms with van der Waals surface area (Å²) >= 11 is 0. The number of halogens is 3. The van der Waals surface area contributed by atoms with Crippen LogP contribution in [-0.2, 0) is 22.3 Å². The molecule has 1 aromatic rings. The van der Waals surface area contributed by atoms with E-state index in [-0.39, 0.29) is 31.0 Å². The van der Waals surface area contributed by atoms with Gasteiger partial charge in [0.25, 0.3) is 0 Å². The van der Waals surface area contributed by atoms with E-state index in [1.807, 2.05) is 0 Å². The standard InChI is InChI=1S/C15H15F3N2O2/c1-2-13(21)19-11-7-14(22)20(9-11)8-10-5-3-4-6-12(10)15(16,17)18/h2-6,11H,1,7-9H2,(H,19,21). The Morgan fingerprint density at radius 1 is 1.41 bits per heavy atom. The number of nitrogens with zero attached hydrogens (tertiary/aromatic N) is 1. The van der Waals surface area contributed by atoms with Crippen molar-refractivity contribution in [1.29, 1.82) is 0 Å². The van der Waals surface area contributed by atoms with Crippen LogP contribution < -0.4 is 5.32 Å². The molecule has 1 aromatic carbocycles. The third kappa shape index (κ3) is 3.66. The van der Waals surface area contributed by atoms with Crippen molar-refractivity contribution in [2.75, 3.05) is 6.54 Å². The Morgan fingerprint density at radius 3 is 2.73 bits per heavy atom. The first-order valence-electron chi connectivity index (χ1n) is 6.67. The van der Waals surface area contributed by atoms with Gasteiger partial charge < -0.3 is 10.2 Å². The molecule has 2 rings (SSSR count). The first-order chi connectivity index (χ1) is 10.3. The van der Waals surface area contributed by atoms with E-state index in [0.717, 1.165) is 12.1 Å². The number of carbonyl (C=O) groups excluding carboxylic acids is 2. The van der Waals surface area contributed by atoms with Gasteiger partial charge in [0.1, 0.15) is 0 Å². The maximum Gasteiger partial charge on any atom is 0.416 e. The fourth-order valence-corrected chi connectivity index (χ4v) is 2.42. The lowest BCUT2D eigenvalue weighted by Crippen LogP contribution is -2.36. The Kier molecular flexibility index (Phi) is 4.54. The Balaban J connectivity index is 2.10. The number of benzene rings is 1. The van der Waals surface area contributed by atoms with E-state index in [2.05, 4.69) is 11.9 Å². The van der Waals surface area contributed by atoms with Gasteiger partial charge in [-0.15, -0.1) is 0 Å². The minimum Gasteiger partial charge on any atom is -0.348 e. The van der Waals surface area contributed by atoms with Gasteiger partial charge in [-0.05, 0) is 17.7 Å². The highest BCUT2D eigenvalue weighted by molar-refractivity contribution is 5.88. The number of amides is 2. The van der Waals surface area contributed by atoms with Crippen LogP contribution in [0.5, 0.6) is 0 Å². The molecular formula is C15H15F3N2O2. The van der Waals surface area contributed by atoms with Crippen LogP contribution in [0.2, 0.25) is 0 Å². The van der Waals surface area contributed by atoms with Crippen molar-refractivity contribution in [2.24, 2.45) is 0 Å². The molecule has 0 bridgehead atoms. The third-order valence-corrected chi connectivity index (χ3v) is 3.43. The Hall–Kier alpha value is -2.31. The maximum absolute atomic E-state index is 12.9. The predicted octanol–water partition coefficient (Wildman–Crippen LogP) is 2.11. The lowest BCUT2D eigenvalue weighted by Gasteiger charge is -2.20. The van der Waals surface area contributed by atoms with E-state index < -0.39 is 23.7 Å². The van der Waals surface area contributed by atoms with E-state index >= 15 is 0 Å². The van der Waals surface area contributed by atoms with Crippen LogP contribution in [0, 0.1) is 0 Å². The first kappa shape index (κ1) is 16.1. The summed E-state index contributed by atoms with van der Waals surface area (Å²) in [5.41, 5.74) is -0.708. The number of likely N-dealkylation sites (tertiary alicyclic amines) is 1. The average Bonchev–Trinajstić information content (AvgIpc) is 2.78. The number of hydrogen-bond donors (Lipinski definition) is 1. The fourth-order valence-electron chi connectivity index (χ4n) is 2.42. The molecule has 0 aromatic heterocycles. The topological polar surface area (TPSA) is 49.4 Å². The van der Waals surface area contributed by atoms with Crippen LogP contribution >= 0.6 is 0 Å². The molecule has 0 aliphatic carbocycles. The molecule has 0 radical (unpaired) electrons. The van der Waals surface area contributed by atoms with Gasteiger partial charge in [0.2, 0.25) is 11.8 Å². The van der Waals surface area contributed by atoms with E-state index in [4.69, 9.17) is 0 Å². The van der Waals surface area contributed by atoms with Crippen molar-refractivity contribution in [3.8, 4) is 0 Å². The van der Waals surface area contributed by atoms with Gasteiger partial charge in [0, 0.05) is 19.5 Å². The molecule has 1 heterocycles. The lowest BCUT2D eigenvalue weighted by atomic mass is 10.1. The van der Waals surface area contributed by atoms with Crippen molar-refractivity contribution in [1.82, 2.24) is 10.2 Å². The molecule has 1 aliphatic rings. The van der Waals surface area contributed by atoms with Gasteiger partial charge in [-0.2, -0.15) is 13.2 Å². The smallest absolute Gasteiger partial charge is 0.348 e. The normalized spacial score (nSPS) is 18.4. The summed E-state index contributed by atoms with van der Waals surface area (Å²) in [7, 11) is 0. The number of carbonyl (C=O) groups is 2. The van der Waals surface area contributed by atoms with Crippen molar-refractivity contribution < 1.29 is 22.8 Å². The number of rotatable bonds is 4. The molecule has 22 heavy (non-hydrogen) atoms. The Morgan fingerprint density at radius 2 is 2.09 bits per heavy atom. The molecule has 1 atom stereocenters. The molecule has 0 spiro atoms. The predicted molar refractivity (Wildman–Crippen MR) is 73.6 cm³/mol. The summed E-state index contributed by atoms with van der Waals surface area (Å²) in [6, 6.07) is 4.75. The molecule has 0 saturated carbocycles. The van der Waals surface area contributed by atoms with E-state index in [0.29, 0.717) is 0 Å². The maximum atomic E-state index is 12.9. The summed E-state index contributed by atoms with van der Waals surface area (Å²) in [4.78, 5) is 24.4. The van der Waals surface area contributed by atoms with Gasteiger partial charge in [0.05, 0.1) is 11.6 Å². The summed E-state index contributed by atoms with van der Waals surface area (Å²) in [5.74, 6) is -0.693. The van der Waals surface area contributed by atoms with Crippen molar-refractivity contribution in [3.05, 3.63) is 48.0 Å². The molecule has 4 nitrogen and oxygen atoms in total. The molecule has 118 valence electrons. The SMILES string of the molecule is C=CC(=O)NC1CC(=O)N(Cc2ccccc2C(F)(F)F)C1. The summed E-state index contributed by atoms with van der Waals surface area (Å²) in [5, 5.41) is 2.58. The molecule has 1 unspecified atom stereocenters. The fraction of sp³-hybridized carbons (Fsp3) is 0.333. The zero-order valence-electron chi connectivity index (χ0n) is 11.7. The van der Waals surface area contributed by atoms with E-state index in [9.17, 15) is 22.8 Å². The minimum absolute atomic E-state index is 0.0408. The van der Waals surface area contributed by atoms with Crippen molar-refractivity contribution >= 4 is 11.8 Å². The van der Waals surface area contributed by atoms with Crippen LogP contribution in [0.15, 0.2) is 36.9 Å². The Labute approximate surface area is 125 Å². The monoisotopic (exact) mass is 312 g/mol. The van der Waals surface area contributed by atoms with Crippen molar-refractivity contribution in [3.63, 3.8) is 0 Å². The summed E-state index contributed by atoms with van der Waals surface area (Å²) < 4.78 is 38.8. The second-order valence-electron chi connectivity index (χ2n) is 5.04. The van der Waals surface area contributed by atoms with Gasteiger partial charge >= 0.3 is 6.18 Å². The minimum atomic E-state index is -4.46. The van der Waals surface area contributed by atoms with E-state index in [1.165, 1.54) is 23.1 Å². The van der Waals surface area contributed by atoms with Crippen LogP contribution in [0.3, 0.4) is 0 Å². The molecule has 2 amide bonds. The van der Waals surface area contributed by atoms with E-state index in [1.54, 1.807) is 0 Å². The second-order valence-corrected chi connectivity index (χ2v) is 5.04. The average molecular weight is 312 g/mol. The summed E-state index contributed by atoms with van der Waals surface area (Å²) in [6.45, 7) is 3.37. The molecule has 1 saturated heterocycles. The van der Waals surface area contributed by atoms with Gasteiger partial charge in [-0.3, -0.25) is 9.59 Å². The molecular weight excluding hydrogens is 297 g/mol.